The Morgan fingerprint density at radius 1 is 1.31 bits per heavy atom. The average Bonchev–Trinajstić information content (AvgIpc) is 2.53. The molecule has 0 aliphatic heterocycles. The largest absolute Gasteiger partial charge is 0.374 e. The monoisotopic (exact) mass is 223 g/mol. The van der Waals surface area contributed by atoms with Gasteiger partial charge in [0, 0.05) is 19.1 Å². The molecule has 2 N–H and O–H groups in total. The van der Waals surface area contributed by atoms with Gasteiger partial charge in [0.2, 0.25) is 0 Å². The molecule has 0 aromatic carbocycles. The van der Waals surface area contributed by atoms with Crippen LogP contribution >= 0.6 is 0 Å². The predicted octanol–water partition coefficient (Wildman–Crippen LogP) is 2.86. The highest BCUT2D eigenvalue weighted by Crippen LogP contribution is 2.34. The van der Waals surface area contributed by atoms with E-state index < -0.39 is 0 Å². The Bertz CT molecular complexity index is 223. The molecule has 0 aromatic rings. The lowest BCUT2D eigenvalue weighted by molar-refractivity contribution is -0.0697. The second-order valence-electron chi connectivity index (χ2n) is 4.76. The van der Waals surface area contributed by atoms with Crippen molar-refractivity contribution in [2.75, 3.05) is 6.61 Å². The number of hydrogen-bond donors (Lipinski definition) is 1. The van der Waals surface area contributed by atoms with Crippen molar-refractivity contribution < 1.29 is 4.74 Å². The fraction of sp³-hybridized carbons (Fsp3) is 0.857. The first-order valence-electron chi connectivity index (χ1n) is 6.58. The lowest BCUT2D eigenvalue weighted by Gasteiger charge is -2.38. The lowest BCUT2D eigenvalue weighted by Crippen LogP contribution is -2.49. The first kappa shape index (κ1) is 13.5. The molecule has 1 aliphatic carbocycles. The van der Waals surface area contributed by atoms with Gasteiger partial charge in [-0.2, -0.15) is 0 Å². The van der Waals surface area contributed by atoms with Crippen molar-refractivity contribution in [2.24, 2.45) is 5.73 Å². The Hall–Kier alpha value is -0.520. The molecule has 2 heteroatoms. The molecule has 0 bridgehead atoms. The highest BCUT2D eigenvalue weighted by Gasteiger charge is 2.37. The Morgan fingerprint density at radius 3 is 2.44 bits per heavy atom. The van der Waals surface area contributed by atoms with Crippen molar-refractivity contribution in [3.8, 4) is 12.3 Å². The normalized spacial score (nSPS) is 22.1. The molecule has 1 rings (SSSR count). The average molecular weight is 223 g/mol. The Balaban J connectivity index is 2.64. The molecule has 0 spiro atoms. The second-order valence-corrected chi connectivity index (χ2v) is 4.76. The minimum Gasteiger partial charge on any atom is -0.374 e. The number of rotatable bonds is 5. The third-order valence-corrected chi connectivity index (χ3v) is 3.66. The molecule has 1 saturated carbocycles. The van der Waals surface area contributed by atoms with Gasteiger partial charge >= 0.3 is 0 Å². The molecular formula is C14H25NO. The molecule has 92 valence electrons. The molecule has 0 saturated heterocycles. The minimum absolute atomic E-state index is 0.0951. The zero-order valence-corrected chi connectivity index (χ0v) is 10.5. The van der Waals surface area contributed by atoms with E-state index in [1.165, 1.54) is 25.7 Å². The number of nitrogens with two attached hydrogens (primary N) is 1. The van der Waals surface area contributed by atoms with Crippen LogP contribution in [-0.2, 0) is 4.74 Å². The van der Waals surface area contributed by atoms with Gasteiger partial charge in [0.15, 0.2) is 0 Å². The first-order chi connectivity index (χ1) is 7.75. The Morgan fingerprint density at radius 2 is 1.94 bits per heavy atom. The summed E-state index contributed by atoms with van der Waals surface area (Å²) in [5.74, 6) is 2.68. The fourth-order valence-electron chi connectivity index (χ4n) is 2.74. The zero-order chi connectivity index (χ0) is 11.9. The molecule has 0 heterocycles. The Kier molecular flexibility index (Phi) is 5.87. The van der Waals surface area contributed by atoms with Crippen LogP contribution in [0.4, 0.5) is 0 Å². The van der Waals surface area contributed by atoms with Crippen LogP contribution in [0.5, 0.6) is 0 Å². The lowest BCUT2D eigenvalue weighted by atomic mass is 9.84. The van der Waals surface area contributed by atoms with E-state index in [0.29, 0.717) is 0 Å². The van der Waals surface area contributed by atoms with Crippen molar-refractivity contribution >= 4 is 0 Å². The van der Waals surface area contributed by atoms with Crippen LogP contribution in [-0.4, -0.2) is 18.2 Å². The van der Waals surface area contributed by atoms with E-state index in [4.69, 9.17) is 16.9 Å². The SMILES string of the molecule is C#CCCC(N)C1(OCC)CCCCCC1. The summed E-state index contributed by atoms with van der Waals surface area (Å²) in [5, 5.41) is 0. The van der Waals surface area contributed by atoms with Crippen LogP contribution in [0.15, 0.2) is 0 Å². The first-order valence-corrected chi connectivity index (χ1v) is 6.58. The molecule has 2 nitrogen and oxygen atoms in total. The number of hydrogen-bond acceptors (Lipinski definition) is 2. The van der Waals surface area contributed by atoms with E-state index in [1.807, 2.05) is 0 Å². The maximum atomic E-state index is 6.30. The maximum Gasteiger partial charge on any atom is 0.0832 e. The maximum absolute atomic E-state index is 6.30. The third kappa shape index (κ3) is 3.50. The van der Waals surface area contributed by atoms with Gasteiger partial charge in [-0.05, 0) is 26.2 Å². The summed E-state index contributed by atoms with van der Waals surface area (Å²) in [7, 11) is 0. The molecule has 1 atom stereocenters. The third-order valence-electron chi connectivity index (χ3n) is 3.66. The minimum atomic E-state index is -0.0951. The summed E-state index contributed by atoms with van der Waals surface area (Å²) in [6, 6.07) is 0.0987. The van der Waals surface area contributed by atoms with Crippen molar-refractivity contribution in [3.05, 3.63) is 0 Å². The van der Waals surface area contributed by atoms with Gasteiger partial charge in [0.05, 0.1) is 5.60 Å². The molecule has 0 radical (unpaired) electrons. The van der Waals surface area contributed by atoms with Gasteiger partial charge in [-0.25, -0.2) is 0 Å². The quantitative estimate of drug-likeness (QED) is 0.574. The molecule has 1 fully saturated rings. The summed E-state index contributed by atoms with van der Waals surface area (Å²) in [4.78, 5) is 0. The van der Waals surface area contributed by atoms with Gasteiger partial charge in [0.25, 0.3) is 0 Å². The molecule has 0 aromatic heterocycles. The van der Waals surface area contributed by atoms with Gasteiger partial charge in [-0.1, -0.05) is 25.7 Å². The highest BCUT2D eigenvalue weighted by molar-refractivity contribution is 4.95. The van der Waals surface area contributed by atoms with Crippen LogP contribution in [0.3, 0.4) is 0 Å². The van der Waals surface area contributed by atoms with Gasteiger partial charge in [-0.15, -0.1) is 12.3 Å². The summed E-state index contributed by atoms with van der Waals surface area (Å²) < 4.78 is 6.02. The molecular weight excluding hydrogens is 198 g/mol. The van der Waals surface area contributed by atoms with E-state index in [-0.39, 0.29) is 11.6 Å². The van der Waals surface area contributed by atoms with Crippen LogP contribution in [0.2, 0.25) is 0 Å². The van der Waals surface area contributed by atoms with E-state index in [2.05, 4.69) is 12.8 Å². The number of ether oxygens (including phenoxy) is 1. The molecule has 1 aliphatic rings. The molecule has 16 heavy (non-hydrogen) atoms. The van der Waals surface area contributed by atoms with E-state index in [9.17, 15) is 0 Å². The van der Waals surface area contributed by atoms with Crippen molar-refractivity contribution in [2.45, 2.75) is 69.9 Å². The van der Waals surface area contributed by atoms with Crippen molar-refractivity contribution in [1.29, 1.82) is 0 Å². The van der Waals surface area contributed by atoms with E-state index in [0.717, 1.165) is 32.3 Å². The molecule has 1 unspecified atom stereocenters. The summed E-state index contributed by atoms with van der Waals surface area (Å²) >= 11 is 0. The van der Waals surface area contributed by atoms with Gasteiger partial charge in [0.1, 0.15) is 0 Å². The summed E-state index contributed by atoms with van der Waals surface area (Å²) in [6.45, 7) is 2.81. The van der Waals surface area contributed by atoms with Gasteiger partial charge in [-0.3, -0.25) is 0 Å². The number of terminal acetylenes is 1. The van der Waals surface area contributed by atoms with E-state index >= 15 is 0 Å². The summed E-state index contributed by atoms with van der Waals surface area (Å²) in [6.07, 6.45) is 14.3. The fourth-order valence-corrected chi connectivity index (χ4v) is 2.74. The zero-order valence-electron chi connectivity index (χ0n) is 10.5. The second kappa shape index (κ2) is 6.93. The van der Waals surface area contributed by atoms with Crippen LogP contribution in [0.25, 0.3) is 0 Å². The smallest absolute Gasteiger partial charge is 0.0832 e. The van der Waals surface area contributed by atoms with Crippen molar-refractivity contribution in [3.63, 3.8) is 0 Å². The van der Waals surface area contributed by atoms with Crippen LogP contribution in [0.1, 0.15) is 58.3 Å². The highest BCUT2D eigenvalue weighted by atomic mass is 16.5. The molecule has 0 amide bonds. The summed E-state index contributed by atoms with van der Waals surface area (Å²) in [5.41, 5.74) is 6.21. The standard InChI is InChI=1S/C14H25NO/c1-3-5-10-13(15)14(16-4-2)11-8-6-7-9-12-14/h1,13H,4-12,15H2,2H3. The topological polar surface area (TPSA) is 35.2 Å². The van der Waals surface area contributed by atoms with Crippen LogP contribution in [0, 0.1) is 12.3 Å². The predicted molar refractivity (Wildman–Crippen MR) is 68.1 cm³/mol. The van der Waals surface area contributed by atoms with Crippen LogP contribution < -0.4 is 5.73 Å². The Labute approximate surface area is 99.9 Å². The van der Waals surface area contributed by atoms with Gasteiger partial charge < -0.3 is 10.5 Å². The van der Waals surface area contributed by atoms with E-state index in [1.54, 1.807) is 0 Å². The van der Waals surface area contributed by atoms with Crippen molar-refractivity contribution in [1.82, 2.24) is 0 Å².